The number of aromatic hydroxyl groups is 1. The van der Waals surface area contributed by atoms with E-state index in [2.05, 4.69) is 10.1 Å². The lowest BCUT2D eigenvalue weighted by molar-refractivity contribution is 0.103. The number of phenols is 1. The number of ketones is 1. The van der Waals surface area contributed by atoms with Gasteiger partial charge < -0.3 is 15.6 Å². The minimum absolute atomic E-state index is 0.128. The number of nitrogens with zero attached hydrogens (tertiary/aromatic N) is 3. The molecular formula is C20H16N4O3. The number of rotatable bonds is 4. The highest BCUT2D eigenvalue weighted by Gasteiger charge is 2.18. The summed E-state index contributed by atoms with van der Waals surface area (Å²) in [7, 11) is 1.50. The number of phenolic OH excluding ortho intramolecular Hbond substituents is 1. The Hall–Kier alpha value is -3.87. The first-order valence-electron chi connectivity index (χ1n) is 8.20. The van der Waals surface area contributed by atoms with Crippen molar-refractivity contribution in [3.05, 3.63) is 71.9 Å². The van der Waals surface area contributed by atoms with Crippen LogP contribution in [0.25, 0.3) is 16.8 Å². The second-order valence-electron chi connectivity index (χ2n) is 5.94. The van der Waals surface area contributed by atoms with Crippen LogP contribution in [0.5, 0.6) is 11.5 Å². The minimum Gasteiger partial charge on any atom is -0.507 e. The summed E-state index contributed by atoms with van der Waals surface area (Å²) >= 11 is 0. The highest BCUT2D eigenvalue weighted by molar-refractivity contribution is 6.11. The van der Waals surface area contributed by atoms with Crippen LogP contribution in [0.15, 0.2) is 60.8 Å². The van der Waals surface area contributed by atoms with Crippen molar-refractivity contribution in [3.63, 3.8) is 0 Å². The van der Waals surface area contributed by atoms with Gasteiger partial charge in [-0.2, -0.15) is 9.61 Å². The van der Waals surface area contributed by atoms with Crippen LogP contribution in [0.2, 0.25) is 0 Å². The van der Waals surface area contributed by atoms with Gasteiger partial charge in [0.05, 0.1) is 24.4 Å². The third-order valence-corrected chi connectivity index (χ3v) is 4.28. The molecule has 0 aliphatic heterocycles. The number of imidazole rings is 1. The minimum atomic E-state index is -0.375. The maximum absolute atomic E-state index is 12.9. The fourth-order valence-electron chi connectivity index (χ4n) is 2.91. The molecular weight excluding hydrogens is 344 g/mol. The van der Waals surface area contributed by atoms with Gasteiger partial charge in [0, 0.05) is 11.1 Å². The van der Waals surface area contributed by atoms with Gasteiger partial charge in [-0.3, -0.25) is 4.79 Å². The Morgan fingerprint density at radius 1 is 1.15 bits per heavy atom. The number of benzene rings is 2. The Labute approximate surface area is 154 Å². The quantitative estimate of drug-likeness (QED) is 0.543. The molecule has 0 aliphatic rings. The van der Waals surface area contributed by atoms with Crippen LogP contribution in [-0.4, -0.2) is 32.6 Å². The van der Waals surface area contributed by atoms with E-state index in [0.29, 0.717) is 22.5 Å². The van der Waals surface area contributed by atoms with Crippen LogP contribution in [0, 0.1) is 0 Å². The van der Waals surface area contributed by atoms with Crippen LogP contribution in [-0.2, 0) is 0 Å². The average molecular weight is 360 g/mol. The van der Waals surface area contributed by atoms with Crippen molar-refractivity contribution in [1.82, 2.24) is 14.6 Å². The lowest BCUT2D eigenvalue weighted by atomic mass is 10.0. The Morgan fingerprint density at radius 3 is 2.67 bits per heavy atom. The second-order valence-corrected chi connectivity index (χ2v) is 5.94. The molecule has 0 saturated carbocycles. The zero-order valence-electron chi connectivity index (χ0n) is 14.5. The molecule has 0 unspecified atom stereocenters. The molecule has 0 bridgehead atoms. The summed E-state index contributed by atoms with van der Waals surface area (Å²) in [6.07, 6.45) is 1.40. The molecule has 0 aliphatic carbocycles. The third-order valence-electron chi connectivity index (χ3n) is 4.28. The molecule has 2 heterocycles. The number of anilines is 1. The predicted molar refractivity (Wildman–Crippen MR) is 101 cm³/mol. The van der Waals surface area contributed by atoms with Gasteiger partial charge in [-0.25, -0.2) is 4.98 Å². The fraction of sp³-hybridized carbons (Fsp3) is 0.0500. The number of nitrogens with two attached hydrogens (primary N) is 1. The first-order valence-corrected chi connectivity index (χ1v) is 8.20. The summed E-state index contributed by atoms with van der Waals surface area (Å²) in [5.74, 6) is 0.202. The Balaban J connectivity index is 1.85. The number of nitrogen functional groups attached to an aromatic ring is 1. The van der Waals surface area contributed by atoms with Crippen molar-refractivity contribution in [2.24, 2.45) is 0 Å². The lowest BCUT2D eigenvalue weighted by Gasteiger charge is -2.07. The number of carbonyl (C=O) groups is 1. The van der Waals surface area contributed by atoms with Gasteiger partial charge in [0.1, 0.15) is 17.2 Å². The molecule has 0 fully saturated rings. The first-order chi connectivity index (χ1) is 13.1. The van der Waals surface area contributed by atoms with Gasteiger partial charge in [0.2, 0.25) is 5.95 Å². The zero-order valence-corrected chi connectivity index (χ0v) is 14.5. The molecule has 7 nitrogen and oxygen atoms in total. The number of hydrogen-bond acceptors (Lipinski definition) is 6. The summed E-state index contributed by atoms with van der Waals surface area (Å²) < 4.78 is 6.61. The van der Waals surface area contributed by atoms with Crippen LogP contribution >= 0.6 is 0 Å². The SMILES string of the molecule is COc1ccc(O)c(C(=O)c2cnn3c(N)nc(-c4ccccc4)c3c2)c1. The van der Waals surface area contributed by atoms with Gasteiger partial charge in [0.25, 0.3) is 0 Å². The summed E-state index contributed by atoms with van der Waals surface area (Å²) in [6.45, 7) is 0. The van der Waals surface area contributed by atoms with E-state index >= 15 is 0 Å². The molecule has 2 aromatic carbocycles. The van der Waals surface area contributed by atoms with Gasteiger partial charge in [-0.1, -0.05) is 30.3 Å². The summed E-state index contributed by atoms with van der Waals surface area (Å²) in [5.41, 5.74) is 8.50. The number of aromatic nitrogens is 3. The topological polar surface area (TPSA) is 103 Å². The zero-order chi connectivity index (χ0) is 19.0. The predicted octanol–water partition coefficient (Wildman–Crippen LogP) is 2.92. The van der Waals surface area contributed by atoms with Crippen LogP contribution < -0.4 is 10.5 Å². The fourth-order valence-corrected chi connectivity index (χ4v) is 2.91. The number of fused-ring (bicyclic) bond motifs is 1. The maximum Gasteiger partial charge on any atom is 0.222 e. The molecule has 0 amide bonds. The van der Waals surface area contributed by atoms with Gasteiger partial charge in [-0.15, -0.1) is 0 Å². The van der Waals surface area contributed by atoms with E-state index in [9.17, 15) is 9.90 Å². The summed E-state index contributed by atoms with van der Waals surface area (Å²) in [5, 5.41) is 14.3. The maximum atomic E-state index is 12.9. The number of carbonyl (C=O) groups excluding carboxylic acids is 1. The molecule has 2 aromatic heterocycles. The molecule has 3 N–H and O–H groups in total. The Morgan fingerprint density at radius 2 is 1.93 bits per heavy atom. The molecule has 7 heteroatoms. The van der Waals surface area contributed by atoms with E-state index in [1.165, 1.54) is 30.0 Å². The van der Waals surface area contributed by atoms with E-state index < -0.39 is 0 Å². The summed E-state index contributed by atoms with van der Waals surface area (Å²) in [6, 6.07) is 15.7. The summed E-state index contributed by atoms with van der Waals surface area (Å²) in [4.78, 5) is 17.3. The van der Waals surface area contributed by atoms with Crippen molar-refractivity contribution in [1.29, 1.82) is 0 Å². The van der Waals surface area contributed by atoms with Crippen molar-refractivity contribution >= 4 is 17.2 Å². The van der Waals surface area contributed by atoms with Crippen LogP contribution in [0.1, 0.15) is 15.9 Å². The van der Waals surface area contributed by atoms with Crippen molar-refractivity contribution in [2.45, 2.75) is 0 Å². The molecule has 4 rings (SSSR count). The molecule has 0 spiro atoms. The highest BCUT2D eigenvalue weighted by Crippen LogP contribution is 2.28. The van der Waals surface area contributed by atoms with E-state index in [1.807, 2.05) is 30.3 Å². The number of hydrogen-bond donors (Lipinski definition) is 2. The van der Waals surface area contributed by atoms with Crippen molar-refractivity contribution < 1.29 is 14.6 Å². The molecule has 4 aromatic rings. The van der Waals surface area contributed by atoms with Crippen molar-refractivity contribution in [3.8, 4) is 22.8 Å². The number of ether oxygens (including phenoxy) is 1. The van der Waals surface area contributed by atoms with Gasteiger partial charge >= 0.3 is 0 Å². The average Bonchev–Trinajstić information content (AvgIpc) is 3.04. The normalized spacial score (nSPS) is 10.9. The monoisotopic (exact) mass is 360 g/mol. The van der Waals surface area contributed by atoms with Gasteiger partial charge in [-0.05, 0) is 24.3 Å². The van der Waals surface area contributed by atoms with Crippen LogP contribution in [0.4, 0.5) is 5.95 Å². The standard InChI is InChI=1S/C20H16N4O3/c1-27-14-7-8-17(25)15(10-14)19(26)13-9-16-18(12-5-3-2-4-6-12)23-20(21)24(16)22-11-13/h2-11,25H,1H3,(H2,21,23). The Bertz CT molecular complexity index is 1150. The largest absolute Gasteiger partial charge is 0.507 e. The van der Waals surface area contributed by atoms with E-state index in [-0.39, 0.29) is 23.0 Å². The third kappa shape index (κ3) is 2.85. The van der Waals surface area contributed by atoms with E-state index in [1.54, 1.807) is 12.1 Å². The smallest absolute Gasteiger partial charge is 0.222 e. The van der Waals surface area contributed by atoms with Crippen LogP contribution in [0.3, 0.4) is 0 Å². The molecule has 27 heavy (non-hydrogen) atoms. The number of methoxy groups -OCH3 is 1. The second kappa shape index (κ2) is 6.45. The molecule has 0 atom stereocenters. The van der Waals surface area contributed by atoms with E-state index in [0.717, 1.165) is 5.56 Å². The lowest BCUT2D eigenvalue weighted by Crippen LogP contribution is -2.06. The molecule has 0 radical (unpaired) electrons. The molecule has 0 saturated heterocycles. The Kier molecular flexibility index (Phi) is 3.97. The van der Waals surface area contributed by atoms with E-state index in [4.69, 9.17) is 10.5 Å². The van der Waals surface area contributed by atoms with Crippen molar-refractivity contribution in [2.75, 3.05) is 12.8 Å². The first kappa shape index (κ1) is 16.6. The molecule has 134 valence electrons. The van der Waals surface area contributed by atoms with Gasteiger partial charge in [0.15, 0.2) is 5.78 Å². The highest BCUT2D eigenvalue weighted by atomic mass is 16.5.